The van der Waals surface area contributed by atoms with E-state index in [1.807, 2.05) is 82.3 Å². The van der Waals surface area contributed by atoms with Gasteiger partial charge in [0.2, 0.25) is 0 Å². The molecule has 1 aromatic heterocycles. The van der Waals surface area contributed by atoms with Crippen LogP contribution in [0.25, 0.3) is 39.2 Å². The Bertz CT molecular complexity index is 1460. The van der Waals surface area contributed by atoms with Crippen LogP contribution in [-0.4, -0.2) is 9.55 Å². The molecule has 0 fully saturated rings. The molecule has 5 aromatic rings. The molecule has 0 aliphatic rings. The molecule has 4 aromatic carbocycles. The molecule has 0 aliphatic carbocycles. The molecule has 2 heteroatoms. The zero-order valence-electron chi connectivity index (χ0n) is 21.6. The first kappa shape index (κ1) is 18.9. The first-order valence-electron chi connectivity index (χ1n) is 12.4. The Kier molecular flexibility index (Phi) is 4.98. The Morgan fingerprint density at radius 3 is 1.79 bits per heavy atom. The first-order chi connectivity index (χ1) is 16.6. The molecule has 0 amide bonds. The molecule has 0 spiro atoms. The van der Waals surface area contributed by atoms with Crippen LogP contribution in [0.2, 0.25) is 0 Å². The standard InChI is InChI=1S/C31H30N2/c1-21(2)26-16-11-17-27(22(3)4)30(26)33-29-20-25(23-12-7-5-8-13-23)18-19-28(29)32-31(33)24-14-9-6-10-15-24/h5-22H,1-4H3/i21D,22D. The normalized spacial score (nSPS) is 13.1. The van der Waals surface area contributed by atoms with Gasteiger partial charge in [0.25, 0.3) is 0 Å². The topological polar surface area (TPSA) is 17.8 Å². The second-order valence-electron chi connectivity index (χ2n) is 8.91. The van der Waals surface area contributed by atoms with Gasteiger partial charge in [-0.15, -0.1) is 0 Å². The third-order valence-electron chi connectivity index (χ3n) is 6.13. The van der Waals surface area contributed by atoms with E-state index < -0.39 is 11.8 Å². The van der Waals surface area contributed by atoms with E-state index in [1.165, 1.54) is 0 Å². The third kappa shape index (κ3) is 3.87. The molecule has 0 atom stereocenters. The van der Waals surface area contributed by atoms with Gasteiger partial charge in [-0.2, -0.15) is 0 Å². The number of aromatic nitrogens is 2. The highest BCUT2D eigenvalue weighted by molar-refractivity contribution is 5.88. The summed E-state index contributed by atoms with van der Waals surface area (Å²) < 4.78 is 20.1. The summed E-state index contributed by atoms with van der Waals surface area (Å²) in [5.74, 6) is -0.913. The lowest BCUT2D eigenvalue weighted by Gasteiger charge is -2.22. The minimum absolute atomic E-state index is 0.813. The maximum Gasteiger partial charge on any atom is 0.145 e. The molecular weight excluding hydrogens is 400 g/mol. The van der Waals surface area contributed by atoms with Gasteiger partial charge in [-0.05, 0) is 46.2 Å². The largest absolute Gasteiger partial charge is 0.292 e. The van der Waals surface area contributed by atoms with E-state index in [1.54, 1.807) is 0 Å². The van der Waals surface area contributed by atoms with E-state index >= 15 is 0 Å². The van der Waals surface area contributed by atoms with Gasteiger partial charge in [-0.3, -0.25) is 4.57 Å². The zero-order valence-corrected chi connectivity index (χ0v) is 19.6. The van der Waals surface area contributed by atoms with Gasteiger partial charge in [0.1, 0.15) is 5.82 Å². The molecule has 0 bridgehead atoms. The molecule has 2 nitrogen and oxygen atoms in total. The summed E-state index contributed by atoms with van der Waals surface area (Å²) in [5.41, 5.74) is 7.71. The maximum atomic E-state index is 8.98. The quantitative estimate of drug-likeness (QED) is 0.272. The molecule has 0 saturated carbocycles. The van der Waals surface area contributed by atoms with E-state index in [4.69, 9.17) is 7.73 Å². The molecule has 33 heavy (non-hydrogen) atoms. The lowest BCUT2D eigenvalue weighted by Crippen LogP contribution is -2.08. The smallest absolute Gasteiger partial charge is 0.145 e. The predicted octanol–water partition coefficient (Wildman–Crippen LogP) is 8.61. The van der Waals surface area contributed by atoms with Gasteiger partial charge in [0, 0.05) is 8.30 Å². The van der Waals surface area contributed by atoms with Crippen molar-refractivity contribution in [2.24, 2.45) is 0 Å². The van der Waals surface area contributed by atoms with Crippen molar-refractivity contribution >= 4 is 11.0 Å². The molecule has 1 heterocycles. The average Bonchev–Trinajstić information content (AvgIpc) is 3.22. The number of fused-ring (bicyclic) bond motifs is 1. The van der Waals surface area contributed by atoms with Crippen LogP contribution in [0.3, 0.4) is 0 Å². The fourth-order valence-corrected chi connectivity index (χ4v) is 4.48. The lowest BCUT2D eigenvalue weighted by molar-refractivity contribution is 0.811. The van der Waals surface area contributed by atoms with Crippen LogP contribution < -0.4 is 0 Å². The SMILES string of the molecule is [2H]C(C)(C)c1cccc(C([2H])(C)C)c1-n1c(-c2ccccc2)nc2ccc(-c3ccccc3)cc21. The van der Waals surface area contributed by atoms with Crippen LogP contribution in [0.15, 0.2) is 97.1 Å². The molecule has 5 rings (SSSR count). The molecule has 0 saturated heterocycles. The van der Waals surface area contributed by atoms with Gasteiger partial charge in [-0.25, -0.2) is 4.98 Å². The minimum atomic E-state index is -0.863. The van der Waals surface area contributed by atoms with Gasteiger partial charge in [0.05, 0.1) is 16.7 Å². The van der Waals surface area contributed by atoms with Gasteiger partial charge in [-0.1, -0.05) is 113 Å². The van der Waals surface area contributed by atoms with Crippen LogP contribution in [0.4, 0.5) is 0 Å². The summed E-state index contributed by atoms with van der Waals surface area (Å²) in [6.07, 6.45) is 0. The highest BCUT2D eigenvalue weighted by Gasteiger charge is 2.22. The van der Waals surface area contributed by atoms with Crippen LogP contribution in [0.5, 0.6) is 0 Å². The number of rotatable bonds is 5. The number of hydrogen-bond acceptors (Lipinski definition) is 1. The van der Waals surface area contributed by atoms with Crippen molar-refractivity contribution in [3.05, 3.63) is 108 Å². The van der Waals surface area contributed by atoms with Crippen molar-refractivity contribution in [3.8, 4) is 28.2 Å². The fourth-order valence-electron chi connectivity index (χ4n) is 4.48. The van der Waals surface area contributed by atoms with E-state index in [9.17, 15) is 0 Å². The molecule has 164 valence electrons. The maximum absolute atomic E-state index is 8.98. The number of imidazole rings is 1. The number of hydrogen-bond donors (Lipinski definition) is 0. The third-order valence-corrected chi connectivity index (χ3v) is 6.13. The summed E-state index contributed by atoms with van der Waals surface area (Å²) in [6.45, 7) is 7.62. The van der Waals surface area contributed by atoms with E-state index in [0.29, 0.717) is 0 Å². The Hall–Kier alpha value is -3.65. The van der Waals surface area contributed by atoms with Crippen LogP contribution in [-0.2, 0) is 0 Å². The summed E-state index contributed by atoms with van der Waals surface area (Å²) in [6, 6.07) is 32.9. The number of para-hydroxylation sites is 1. The second-order valence-corrected chi connectivity index (χ2v) is 8.91. The summed E-state index contributed by atoms with van der Waals surface area (Å²) in [7, 11) is 0. The van der Waals surface area contributed by atoms with Gasteiger partial charge >= 0.3 is 0 Å². The Morgan fingerprint density at radius 2 is 1.21 bits per heavy atom. The van der Waals surface area contributed by atoms with Gasteiger partial charge < -0.3 is 0 Å². The predicted molar refractivity (Wildman–Crippen MR) is 140 cm³/mol. The molecule has 0 N–H and O–H groups in total. The first-order valence-corrected chi connectivity index (χ1v) is 11.4. The van der Waals surface area contributed by atoms with E-state index in [-0.39, 0.29) is 0 Å². The average molecular weight is 433 g/mol. The van der Waals surface area contributed by atoms with E-state index in [2.05, 4.69) is 47.0 Å². The summed E-state index contributed by atoms with van der Waals surface area (Å²) in [5, 5.41) is 0. The Balaban J connectivity index is 1.93. The zero-order chi connectivity index (χ0) is 24.8. The number of nitrogens with zero attached hydrogens (tertiary/aromatic N) is 2. The van der Waals surface area contributed by atoms with Crippen molar-refractivity contribution in [1.29, 1.82) is 0 Å². The van der Waals surface area contributed by atoms with Crippen LogP contribution in [0.1, 0.15) is 53.4 Å². The monoisotopic (exact) mass is 432 g/mol. The Labute approximate surface area is 199 Å². The van der Waals surface area contributed by atoms with Crippen LogP contribution in [0, 0.1) is 0 Å². The van der Waals surface area contributed by atoms with Crippen molar-refractivity contribution < 1.29 is 2.74 Å². The van der Waals surface area contributed by atoms with Crippen LogP contribution >= 0.6 is 0 Å². The van der Waals surface area contributed by atoms with Crippen molar-refractivity contribution in [2.75, 3.05) is 0 Å². The van der Waals surface area contributed by atoms with Crippen molar-refractivity contribution in [2.45, 2.75) is 39.5 Å². The Morgan fingerprint density at radius 1 is 0.636 bits per heavy atom. The second kappa shape index (κ2) is 8.71. The molecule has 0 radical (unpaired) electrons. The molecule has 0 unspecified atom stereocenters. The van der Waals surface area contributed by atoms with Gasteiger partial charge in [0.15, 0.2) is 0 Å². The molecule has 0 aliphatic heterocycles. The lowest BCUT2D eigenvalue weighted by atomic mass is 9.92. The van der Waals surface area contributed by atoms with Crippen molar-refractivity contribution in [3.63, 3.8) is 0 Å². The summed E-state index contributed by atoms with van der Waals surface area (Å²) >= 11 is 0. The minimum Gasteiger partial charge on any atom is -0.292 e. The molecular formula is C31H30N2. The summed E-state index contributed by atoms with van der Waals surface area (Å²) in [4.78, 5) is 5.08. The van der Waals surface area contributed by atoms with E-state index in [0.717, 1.165) is 50.4 Å². The highest BCUT2D eigenvalue weighted by atomic mass is 15.1. The highest BCUT2D eigenvalue weighted by Crippen LogP contribution is 2.38. The number of benzene rings is 4. The fraction of sp³-hybridized carbons (Fsp3) is 0.194. The van der Waals surface area contributed by atoms with Crippen molar-refractivity contribution in [1.82, 2.24) is 9.55 Å².